The zero-order valence-corrected chi connectivity index (χ0v) is 16.1. The van der Waals surface area contributed by atoms with Crippen molar-refractivity contribution in [3.05, 3.63) is 35.9 Å². The first kappa shape index (κ1) is 20.0. The number of fused-ring (bicyclic) bond motifs is 1. The van der Waals surface area contributed by atoms with Crippen LogP contribution in [0.5, 0.6) is 0 Å². The molecule has 27 heavy (non-hydrogen) atoms. The van der Waals surface area contributed by atoms with Crippen LogP contribution in [-0.4, -0.2) is 63.2 Å². The Morgan fingerprint density at radius 3 is 2.52 bits per heavy atom. The third kappa shape index (κ3) is 4.96. The molecule has 0 spiro atoms. The minimum absolute atomic E-state index is 0.0207. The standard InChI is InChI=1S/C18H26N3O5P/c22-17-15(19-27(25,26)13-10-14-6-2-1-3-7-14)8-4-11-20-12-5-9-16(18(23)24)21(17)20/h1-3,6-7,15-16H,4-5,8-13H2,(H,23,24)(H2,19,25,26)/t15-,16-/m0/s1. The van der Waals surface area contributed by atoms with Crippen molar-refractivity contribution in [1.29, 1.82) is 0 Å². The first-order valence-corrected chi connectivity index (χ1v) is 11.2. The van der Waals surface area contributed by atoms with Crippen molar-refractivity contribution in [2.24, 2.45) is 0 Å². The van der Waals surface area contributed by atoms with Gasteiger partial charge in [0.1, 0.15) is 6.04 Å². The van der Waals surface area contributed by atoms with Crippen LogP contribution < -0.4 is 5.09 Å². The number of aryl methyl sites for hydroxylation is 1. The van der Waals surface area contributed by atoms with Crippen molar-refractivity contribution in [3.8, 4) is 0 Å². The zero-order valence-electron chi connectivity index (χ0n) is 15.2. The fourth-order valence-electron chi connectivity index (χ4n) is 3.75. The van der Waals surface area contributed by atoms with Crippen LogP contribution in [-0.2, 0) is 20.6 Å². The summed E-state index contributed by atoms with van der Waals surface area (Å²) in [5.74, 6) is -1.46. The lowest BCUT2D eigenvalue weighted by atomic mass is 10.1. The minimum Gasteiger partial charge on any atom is -0.480 e. The third-order valence-electron chi connectivity index (χ3n) is 5.12. The Morgan fingerprint density at radius 2 is 1.85 bits per heavy atom. The predicted molar refractivity (Wildman–Crippen MR) is 100 cm³/mol. The smallest absolute Gasteiger partial charge is 0.328 e. The molecule has 3 atom stereocenters. The molecule has 1 aromatic rings. The number of amides is 1. The van der Waals surface area contributed by atoms with Gasteiger partial charge in [-0.1, -0.05) is 30.3 Å². The summed E-state index contributed by atoms with van der Waals surface area (Å²) in [5, 5.41) is 15.2. The number of hydrazine groups is 1. The van der Waals surface area contributed by atoms with Crippen LogP contribution >= 0.6 is 7.52 Å². The van der Waals surface area contributed by atoms with Gasteiger partial charge in [0.05, 0.1) is 6.04 Å². The van der Waals surface area contributed by atoms with E-state index in [0.29, 0.717) is 45.2 Å². The quantitative estimate of drug-likeness (QED) is 0.626. The van der Waals surface area contributed by atoms with Gasteiger partial charge in [-0.2, -0.15) is 0 Å². The first-order valence-electron chi connectivity index (χ1n) is 9.32. The largest absolute Gasteiger partial charge is 0.480 e. The van der Waals surface area contributed by atoms with Crippen LogP contribution in [0.4, 0.5) is 0 Å². The van der Waals surface area contributed by atoms with Crippen LogP contribution in [0.1, 0.15) is 31.2 Å². The van der Waals surface area contributed by atoms with Gasteiger partial charge in [-0.3, -0.25) is 14.4 Å². The maximum absolute atomic E-state index is 13.0. The molecule has 1 amide bonds. The number of nitrogens with zero attached hydrogens (tertiary/aromatic N) is 2. The van der Waals surface area contributed by atoms with E-state index in [1.165, 1.54) is 5.01 Å². The molecule has 3 rings (SSSR count). The maximum Gasteiger partial charge on any atom is 0.328 e. The average molecular weight is 395 g/mol. The lowest BCUT2D eigenvalue weighted by molar-refractivity contribution is -0.174. The molecule has 148 valence electrons. The highest BCUT2D eigenvalue weighted by Crippen LogP contribution is 2.38. The number of hydrogen-bond donors (Lipinski definition) is 3. The minimum atomic E-state index is -3.74. The van der Waals surface area contributed by atoms with Crippen LogP contribution in [0.3, 0.4) is 0 Å². The molecular weight excluding hydrogens is 369 g/mol. The van der Waals surface area contributed by atoms with E-state index in [-0.39, 0.29) is 6.16 Å². The molecule has 1 aromatic carbocycles. The van der Waals surface area contributed by atoms with Gasteiger partial charge in [-0.05, 0) is 37.7 Å². The van der Waals surface area contributed by atoms with Gasteiger partial charge in [0.2, 0.25) is 0 Å². The van der Waals surface area contributed by atoms with E-state index >= 15 is 0 Å². The first-order chi connectivity index (χ1) is 12.9. The highest BCUT2D eigenvalue weighted by atomic mass is 31.2. The Balaban J connectivity index is 1.68. The van der Waals surface area contributed by atoms with Gasteiger partial charge >= 0.3 is 5.97 Å². The van der Waals surface area contributed by atoms with Gasteiger partial charge in [-0.15, -0.1) is 0 Å². The molecular formula is C18H26N3O5P. The van der Waals surface area contributed by atoms with Crippen molar-refractivity contribution >= 4 is 19.4 Å². The lowest BCUT2D eigenvalue weighted by Gasteiger charge is -2.42. The van der Waals surface area contributed by atoms with Crippen LogP contribution in [0.25, 0.3) is 0 Å². The normalized spacial score (nSPS) is 26.1. The molecule has 2 fully saturated rings. The summed E-state index contributed by atoms with van der Waals surface area (Å²) in [4.78, 5) is 34.9. The topological polar surface area (TPSA) is 110 Å². The van der Waals surface area contributed by atoms with Crippen molar-refractivity contribution < 1.29 is 24.2 Å². The molecule has 1 unspecified atom stereocenters. The molecule has 0 saturated carbocycles. The van der Waals surface area contributed by atoms with E-state index in [0.717, 1.165) is 5.56 Å². The summed E-state index contributed by atoms with van der Waals surface area (Å²) < 4.78 is 12.6. The van der Waals surface area contributed by atoms with Crippen molar-refractivity contribution in [1.82, 2.24) is 15.1 Å². The van der Waals surface area contributed by atoms with E-state index in [2.05, 4.69) is 5.09 Å². The van der Waals surface area contributed by atoms with Crippen LogP contribution in [0.2, 0.25) is 0 Å². The van der Waals surface area contributed by atoms with E-state index in [1.807, 2.05) is 30.3 Å². The Labute approximate surface area is 158 Å². The Morgan fingerprint density at radius 1 is 1.19 bits per heavy atom. The van der Waals surface area contributed by atoms with Gasteiger partial charge in [-0.25, -0.2) is 14.9 Å². The summed E-state index contributed by atoms with van der Waals surface area (Å²) in [5.41, 5.74) is 0.953. The van der Waals surface area contributed by atoms with Crippen LogP contribution in [0.15, 0.2) is 30.3 Å². The molecule has 2 aliphatic rings. The Bertz CT molecular complexity index is 729. The SMILES string of the molecule is O=C(O)[C@@H]1CCCN2CCC[C@H](NP(=O)(O)CCc3ccccc3)C(=O)N12. The lowest BCUT2D eigenvalue weighted by Crippen LogP contribution is -2.60. The van der Waals surface area contributed by atoms with Crippen molar-refractivity contribution in [2.75, 3.05) is 19.3 Å². The summed E-state index contributed by atoms with van der Waals surface area (Å²) in [7, 11) is -3.74. The zero-order chi connectivity index (χ0) is 19.4. The summed E-state index contributed by atoms with van der Waals surface area (Å²) in [6.07, 6.45) is 2.63. The molecule has 9 heteroatoms. The molecule has 2 saturated heterocycles. The number of carbonyl (C=O) groups is 2. The number of carboxylic acids is 1. The number of aliphatic carboxylic acids is 1. The molecule has 8 nitrogen and oxygen atoms in total. The van der Waals surface area contributed by atoms with Crippen molar-refractivity contribution in [3.63, 3.8) is 0 Å². The predicted octanol–water partition coefficient (Wildman–Crippen LogP) is 1.46. The van der Waals surface area contributed by atoms with E-state index < -0.39 is 31.5 Å². The summed E-state index contributed by atoms with van der Waals surface area (Å²) in [6.45, 7) is 1.21. The molecule has 0 aromatic heterocycles. The molecule has 0 bridgehead atoms. The fourth-order valence-corrected chi connectivity index (χ4v) is 5.17. The van der Waals surface area contributed by atoms with Crippen molar-refractivity contribution in [2.45, 2.75) is 44.2 Å². The molecule has 3 N–H and O–H groups in total. The van der Waals surface area contributed by atoms with E-state index in [4.69, 9.17) is 0 Å². The number of hydrogen-bond acceptors (Lipinski definition) is 4. The Hall–Kier alpha value is -1.73. The highest BCUT2D eigenvalue weighted by Gasteiger charge is 2.42. The highest BCUT2D eigenvalue weighted by molar-refractivity contribution is 7.55. The van der Waals surface area contributed by atoms with Gasteiger partial charge < -0.3 is 10.00 Å². The summed E-state index contributed by atoms with van der Waals surface area (Å²) >= 11 is 0. The van der Waals surface area contributed by atoms with Crippen LogP contribution in [0, 0.1) is 0 Å². The van der Waals surface area contributed by atoms with E-state index in [9.17, 15) is 24.2 Å². The average Bonchev–Trinajstić information content (AvgIpc) is 2.80. The Kier molecular flexibility index (Phi) is 6.32. The molecule has 0 radical (unpaired) electrons. The second kappa shape index (κ2) is 8.52. The number of nitrogens with one attached hydrogen (secondary N) is 1. The van der Waals surface area contributed by atoms with Gasteiger partial charge in [0, 0.05) is 19.3 Å². The molecule has 0 aliphatic carbocycles. The summed E-state index contributed by atoms with van der Waals surface area (Å²) in [6, 6.07) is 7.65. The molecule has 2 aliphatic heterocycles. The fraction of sp³-hybridized carbons (Fsp3) is 0.556. The molecule has 2 heterocycles. The second-order valence-corrected chi connectivity index (χ2v) is 9.23. The van der Waals surface area contributed by atoms with Gasteiger partial charge in [0.15, 0.2) is 0 Å². The number of carboxylic acid groups (broad SMARTS) is 1. The number of rotatable bonds is 6. The van der Waals surface area contributed by atoms with Gasteiger partial charge in [0.25, 0.3) is 13.4 Å². The number of benzene rings is 1. The second-order valence-electron chi connectivity index (χ2n) is 7.12. The monoisotopic (exact) mass is 395 g/mol. The number of carbonyl (C=O) groups excluding carboxylic acids is 1. The van der Waals surface area contributed by atoms with E-state index in [1.54, 1.807) is 5.01 Å². The third-order valence-corrected chi connectivity index (χ3v) is 6.66. The maximum atomic E-state index is 13.0.